The molecule has 0 aliphatic heterocycles. The van der Waals surface area contributed by atoms with Gasteiger partial charge < -0.3 is 15.2 Å². The number of carbonyl (C=O) groups is 1. The summed E-state index contributed by atoms with van der Waals surface area (Å²) in [5, 5.41) is 11.5. The standard InChI is InChI=1S/C11H12F3NO3/c1-6(16)8-3-4-9(15-7(2)17)10(5-8)18-11(12,13)14/h3-6,16H,1-2H3,(H,15,17). The molecule has 0 aliphatic carbocycles. The van der Waals surface area contributed by atoms with Crippen LogP contribution in [0.2, 0.25) is 0 Å². The maximum atomic E-state index is 12.2. The number of aliphatic hydroxyl groups is 1. The van der Waals surface area contributed by atoms with E-state index in [1.54, 1.807) is 0 Å². The molecule has 1 amide bonds. The zero-order chi connectivity index (χ0) is 13.9. The normalized spacial score (nSPS) is 13.0. The summed E-state index contributed by atoms with van der Waals surface area (Å²) in [6.07, 6.45) is -5.81. The largest absolute Gasteiger partial charge is 0.573 e. The molecule has 1 rings (SSSR count). The number of hydrogen-bond donors (Lipinski definition) is 2. The molecule has 0 heterocycles. The molecule has 1 aromatic rings. The first-order chi connectivity index (χ1) is 8.19. The van der Waals surface area contributed by atoms with Gasteiger partial charge in [0.2, 0.25) is 5.91 Å². The highest BCUT2D eigenvalue weighted by Gasteiger charge is 2.32. The quantitative estimate of drug-likeness (QED) is 0.881. The fourth-order valence-corrected chi connectivity index (χ4v) is 1.30. The van der Waals surface area contributed by atoms with Crippen molar-refractivity contribution >= 4 is 11.6 Å². The van der Waals surface area contributed by atoms with Crippen molar-refractivity contribution in [1.82, 2.24) is 0 Å². The summed E-state index contributed by atoms with van der Waals surface area (Å²) in [5.41, 5.74) is 0.146. The predicted molar refractivity (Wildman–Crippen MR) is 58.1 cm³/mol. The molecule has 4 nitrogen and oxygen atoms in total. The SMILES string of the molecule is CC(=O)Nc1ccc(C(C)O)cc1OC(F)(F)F. The summed E-state index contributed by atoms with van der Waals surface area (Å²) in [6.45, 7) is 2.57. The van der Waals surface area contributed by atoms with Gasteiger partial charge in [-0.05, 0) is 24.6 Å². The van der Waals surface area contributed by atoms with Gasteiger partial charge >= 0.3 is 6.36 Å². The van der Waals surface area contributed by atoms with E-state index in [0.29, 0.717) is 0 Å². The van der Waals surface area contributed by atoms with Crippen LogP contribution in [0.3, 0.4) is 0 Å². The van der Waals surface area contributed by atoms with Crippen molar-refractivity contribution in [3.8, 4) is 5.75 Å². The van der Waals surface area contributed by atoms with Crippen molar-refractivity contribution < 1.29 is 27.8 Å². The monoisotopic (exact) mass is 263 g/mol. The Hall–Kier alpha value is -1.76. The van der Waals surface area contributed by atoms with E-state index >= 15 is 0 Å². The van der Waals surface area contributed by atoms with E-state index in [1.807, 2.05) is 0 Å². The number of anilines is 1. The highest BCUT2D eigenvalue weighted by atomic mass is 19.4. The average molecular weight is 263 g/mol. The van der Waals surface area contributed by atoms with E-state index in [0.717, 1.165) is 6.07 Å². The lowest BCUT2D eigenvalue weighted by Gasteiger charge is -2.15. The summed E-state index contributed by atoms with van der Waals surface area (Å²) in [7, 11) is 0. The van der Waals surface area contributed by atoms with E-state index in [-0.39, 0.29) is 11.3 Å². The van der Waals surface area contributed by atoms with Crippen molar-refractivity contribution in [2.75, 3.05) is 5.32 Å². The van der Waals surface area contributed by atoms with E-state index in [9.17, 15) is 23.1 Å². The molecule has 2 N–H and O–H groups in total. The summed E-state index contributed by atoms with van der Waals surface area (Å²) in [6, 6.07) is 3.67. The van der Waals surface area contributed by atoms with Crippen LogP contribution in [0, 0.1) is 0 Å². The molecule has 0 bridgehead atoms. The molecule has 0 fully saturated rings. The third-order valence-corrected chi connectivity index (χ3v) is 2.02. The molecule has 7 heteroatoms. The number of aliphatic hydroxyl groups excluding tert-OH is 1. The molecule has 0 spiro atoms. The third-order valence-electron chi connectivity index (χ3n) is 2.02. The third kappa shape index (κ3) is 4.25. The Morgan fingerprint density at radius 3 is 2.50 bits per heavy atom. The van der Waals surface area contributed by atoms with Gasteiger partial charge in [-0.15, -0.1) is 13.2 Å². The van der Waals surface area contributed by atoms with Crippen LogP contribution < -0.4 is 10.1 Å². The molecule has 0 saturated heterocycles. The van der Waals surface area contributed by atoms with Crippen LogP contribution in [0.1, 0.15) is 25.5 Å². The zero-order valence-corrected chi connectivity index (χ0v) is 9.71. The topological polar surface area (TPSA) is 58.6 Å². The maximum absolute atomic E-state index is 12.2. The van der Waals surface area contributed by atoms with Gasteiger partial charge in [0.1, 0.15) is 0 Å². The zero-order valence-electron chi connectivity index (χ0n) is 9.71. The fourth-order valence-electron chi connectivity index (χ4n) is 1.30. The Morgan fingerprint density at radius 1 is 1.44 bits per heavy atom. The molecule has 0 radical (unpaired) electrons. The summed E-state index contributed by atoms with van der Waals surface area (Å²) < 4.78 is 40.4. The number of hydrogen-bond acceptors (Lipinski definition) is 3. The lowest BCUT2D eigenvalue weighted by Crippen LogP contribution is -2.19. The van der Waals surface area contributed by atoms with Crippen LogP contribution >= 0.6 is 0 Å². The summed E-state index contributed by atoms with van der Waals surface area (Å²) in [4.78, 5) is 10.9. The second-order valence-electron chi connectivity index (χ2n) is 3.66. The number of alkyl halides is 3. The van der Waals surface area contributed by atoms with E-state index in [2.05, 4.69) is 10.1 Å². The number of nitrogens with one attached hydrogen (secondary N) is 1. The molecule has 0 aromatic heterocycles. The molecule has 0 aliphatic rings. The van der Waals surface area contributed by atoms with Crippen LogP contribution in [0.15, 0.2) is 18.2 Å². The van der Waals surface area contributed by atoms with Crippen LogP contribution in [-0.2, 0) is 4.79 Å². The van der Waals surface area contributed by atoms with Crippen molar-refractivity contribution in [1.29, 1.82) is 0 Å². The average Bonchev–Trinajstić information content (AvgIpc) is 2.17. The Morgan fingerprint density at radius 2 is 2.06 bits per heavy atom. The fraction of sp³-hybridized carbons (Fsp3) is 0.364. The van der Waals surface area contributed by atoms with Crippen molar-refractivity contribution in [3.63, 3.8) is 0 Å². The lowest BCUT2D eigenvalue weighted by atomic mass is 10.1. The van der Waals surface area contributed by atoms with Gasteiger partial charge in [-0.1, -0.05) is 6.07 Å². The number of halogens is 3. The lowest BCUT2D eigenvalue weighted by molar-refractivity contribution is -0.274. The molecule has 1 atom stereocenters. The molecule has 18 heavy (non-hydrogen) atoms. The minimum atomic E-state index is -4.87. The number of carbonyl (C=O) groups excluding carboxylic acids is 1. The smallest absolute Gasteiger partial charge is 0.404 e. The number of rotatable bonds is 3. The molecule has 1 aromatic carbocycles. The Balaban J connectivity index is 3.13. The van der Waals surface area contributed by atoms with E-state index in [4.69, 9.17) is 0 Å². The minimum Gasteiger partial charge on any atom is -0.404 e. The maximum Gasteiger partial charge on any atom is 0.573 e. The second-order valence-corrected chi connectivity index (χ2v) is 3.66. The Bertz CT molecular complexity index is 444. The van der Waals surface area contributed by atoms with Gasteiger partial charge in [-0.2, -0.15) is 0 Å². The first-order valence-electron chi connectivity index (χ1n) is 5.04. The van der Waals surface area contributed by atoms with Crippen LogP contribution in [0.4, 0.5) is 18.9 Å². The van der Waals surface area contributed by atoms with Crippen LogP contribution in [-0.4, -0.2) is 17.4 Å². The van der Waals surface area contributed by atoms with Crippen LogP contribution in [0.25, 0.3) is 0 Å². The Kier molecular flexibility index (Phi) is 4.18. The van der Waals surface area contributed by atoms with Gasteiger partial charge in [-0.3, -0.25) is 4.79 Å². The van der Waals surface area contributed by atoms with Gasteiger partial charge in [0.05, 0.1) is 11.8 Å². The number of amides is 1. The number of ether oxygens (including phenoxy) is 1. The predicted octanol–water partition coefficient (Wildman–Crippen LogP) is 2.60. The van der Waals surface area contributed by atoms with Gasteiger partial charge in [0.15, 0.2) is 5.75 Å². The van der Waals surface area contributed by atoms with Crippen molar-refractivity contribution in [2.45, 2.75) is 26.3 Å². The van der Waals surface area contributed by atoms with Crippen molar-refractivity contribution in [2.24, 2.45) is 0 Å². The van der Waals surface area contributed by atoms with E-state index < -0.39 is 24.1 Å². The minimum absolute atomic E-state index is 0.107. The first-order valence-corrected chi connectivity index (χ1v) is 5.04. The van der Waals surface area contributed by atoms with Gasteiger partial charge in [-0.25, -0.2) is 0 Å². The first kappa shape index (κ1) is 14.3. The van der Waals surface area contributed by atoms with Crippen molar-refractivity contribution in [3.05, 3.63) is 23.8 Å². The van der Waals surface area contributed by atoms with E-state index in [1.165, 1.54) is 26.0 Å². The van der Waals surface area contributed by atoms with Crippen LogP contribution in [0.5, 0.6) is 5.75 Å². The molecular weight excluding hydrogens is 251 g/mol. The highest BCUT2D eigenvalue weighted by Crippen LogP contribution is 2.32. The van der Waals surface area contributed by atoms with Gasteiger partial charge in [0, 0.05) is 6.92 Å². The molecular formula is C11H12F3NO3. The number of benzene rings is 1. The molecule has 0 saturated carbocycles. The highest BCUT2D eigenvalue weighted by molar-refractivity contribution is 5.90. The van der Waals surface area contributed by atoms with Gasteiger partial charge in [0.25, 0.3) is 0 Å². The second kappa shape index (κ2) is 5.26. The molecule has 1 unspecified atom stereocenters. The summed E-state index contributed by atoms with van der Waals surface area (Å²) >= 11 is 0. The Labute approximate surface area is 101 Å². The molecule has 100 valence electrons. The summed E-state index contributed by atoms with van der Waals surface area (Å²) in [5.74, 6) is -1.08.